The number of amides is 1. The van der Waals surface area contributed by atoms with E-state index in [2.05, 4.69) is 15.9 Å². The quantitative estimate of drug-likeness (QED) is 0.732. The van der Waals surface area contributed by atoms with Crippen LogP contribution in [0.15, 0.2) is 30.3 Å². The highest BCUT2D eigenvalue weighted by Gasteiger charge is 2.28. The van der Waals surface area contributed by atoms with Crippen molar-refractivity contribution in [3.05, 3.63) is 35.9 Å². The summed E-state index contributed by atoms with van der Waals surface area (Å²) < 4.78 is 26.2. The van der Waals surface area contributed by atoms with E-state index in [1.165, 1.54) is 4.31 Å². The van der Waals surface area contributed by atoms with Crippen molar-refractivity contribution in [2.24, 2.45) is 0 Å². The molecule has 0 aromatic heterocycles. The predicted octanol–water partition coefficient (Wildman–Crippen LogP) is 1.45. The Morgan fingerprint density at radius 2 is 1.71 bits per heavy atom. The van der Waals surface area contributed by atoms with E-state index in [4.69, 9.17) is 0 Å². The van der Waals surface area contributed by atoms with E-state index in [1.54, 1.807) is 4.90 Å². The van der Waals surface area contributed by atoms with Crippen LogP contribution in [0.3, 0.4) is 0 Å². The lowest BCUT2D eigenvalue weighted by atomic mass is 10.2. The third-order valence-corrected chi connectivity index (χ3v) is 5.73. The highest BCUT2D eigenvalue weighted by Crippen LogP contribution is 2.14. The van der Waals surface area contributed by atoms with E-state index in [1.807, 2.05) is 30.3 Å². The van der Waals surface area contributed by atoms with Gasteiger partial charge in [-0.25, -0.2) is 8.42 Å². The zero-order valence-corrected chi connectivity index (χ0v) is 14.1. The van der Waals surface area contributed by atoms with Gasteiger partial charge in [0, 0.05) is 37.9 Å². The number of carbonyl (C=O) groups is 1. The number of hydrogen-bond acceptors (Lipinski definition) is 3. The van der Waals surface area contributed by atoms with Crippen molar-refractivity contribution in [2.45, 2.75) is 12.2 Å². The minimum absolute atomic E-state index is 0.0171. The molecule has 1 heterocycles. The summed E-state index contributed by atoms with van der Waals surface area (Å²) in [5, 5.41) is 0.637. The van der Waals surface area contributed by atoms with E-state index < -0.39 is 10.0 Å². The van der Waals surface area contributed by atoms with Crippen molar-refractivity contribution < 1.29 is 13.2 Å². The lowest BCUT2D eigenvalue weighted by molar-refractivity contribution is -0.131. The third-order valence-electron chi connectivity index (χ3n) is 3.48. The Balaban J connectivity index is 1.93. The Bertz CT molecular complexity index is 569. The molecule has 1 aromatic rings. The second-order valence-corrected chi connectivity index (χ2v) is 7.72. The first-order valence-corrected chi connectivity index (χ1v) is 9.61. The van der Waals surface area contributed by atoms with Gasteiger partial charge in [-0.2, -0.15) is 4.31 Å². The van der Waals surface area contributed by atoms with Gasteiger partial charge in [-0.15, -0.1) is 0 Å². The smallest absolute Gasteiger partial charge is 0.223 e. The number of benzene rings is 1. The summed E-state index contributed by atoms with van der Waals surface area (Å²) >= 11 is 3.24. The summed E-state index contributed by atoms with van der Waals surface area (Å²) in [7, 11) is -3.31. The Labute approximate surface area is 134 Å². The van der Waals surface area contributed by atoms with E-state index in [-0.39, 0.29) is 11.7 Å². The van der Waals surface area contributed by atoms with Crippen LogP contribution in [0.2, 0.25) is 0 Å². The SMILES string of the molecule is O=C(CCBr)N1CCN(S(=O)(=O)Cc2ccccc2)CC1. The van der Waals surface area contributed by atoms with Crippen LogP contribution in [-0.2, 0) is 20.6 Å². The molecule has 1 saturated heterocycles. The fourth-order valence-electron chi connectivity index (χ4n) is 2.33. The zero-order valence-electron chi connectivity index (χ0n) is 11.7. The lowest BCUT2D eigenvalue weighted by Crippen LogP contribution is -2.50. The maximum absolute atomic E-state index is 12.4. The Morgan fingerprint density at radius 1 is 1.10 bits per heavy atom. The molecule has 0 aliphatic carbocycles. The lowest BCUT2D eigenvalue weighted by Gasteiger charge is -2.34. The maximum atomic E-state index is 12.4. The first kappa shape index (κ1) is 16.5. The molecule has 116 valence electrons. The zero-order chi connectivity index (χ0) is 15.3. The fraction of sp³-hybridized carbons (Fsp3) is 0.500. The highest BCUT2D eigenvalue weighted by molar-refractivity contribution is 9.09. The number of hydrogen-bond donors (Lipinski definition) is 0. The molecule has 0 atom stereocenters. The monoisotopic (exact) mass is 374 g/mol. The maximum Gasteiger partial charge on any atom is 0.223 e. The van der Waals surface area contributed by atoms with Crippen LogP contribution in [0, 0.1) is 0 Å². The number of sulfonamides is 1. The summed E-state index contributed by atoms with van der Waals surface area (Å²) in [5.74, 6) is 0.0930. The van der Waals surface area contributed by atoms with E-state index in [0.29, 0.717) is 37.9 Å². The van der Waals surface area contributed by atoms with Gasteiger partial charge < -0.3 is 4.90 Å². The van der Waals surface area contributed by atoms with Crippen LogP contribution in [0.4, 0.5) is 0 Å². The second-order valence-electron chi connectivity index (χ2n) is 4.96. The summed E-state index contributed by atoms with van der Waals surface area (Å²) in [6.45, 7) is 1.70. The van der Waals surface area contributed by atoms with Crippen LogP contribution >= 0.6 is 15.9 Å². The standard InChI is InChI=1S/C14H19BrN2O3S/c15-7-6-14(18)16-8-10-17(11-9-16)21(19,20)12-13-4-2-1-3-5-13/h1-5H,6-12H2. The van der Waals surface area contributed by atoms with Gasteiger partial charge in [0.15, 0.2) is 0 Å². The fourth-order valence-corrected chi connectivity index (χ4v) is 4.19. The van der Waals surface area contributed by atoms with Crippen molar-refractivity contribution in [1.82, 2.24) is 9.21 Å². The molecule has 7 heteroatoms. The van der Waals surface area contributed by atoms with Crippen LogP contribution < -0.4 is 0 Å². The number of nitrogens with zero attached hydrogens (tertiary/aromatic N) is 2. The molecule has 1 aliphatic heterocycles. The summed E-state index contributed by atoms with van der Waals surface area (Å²) in [5.41, 5.74) is 0.787. The van der Waals surface area contributed by atoms with Crippen LogP contribution in [0.1, 0.15) is 12.0 Å². The number of halogens is 1. The van der Waals surface area contributed by atoms with Crippen molar-refractivity contribution in [3.63, 3.8) is 0 Å². The van der Waals surface area contributed by atoms with E-state index in [0.717, 1.165) is 5.56 Å². The average Bonchev–Trinajstić information content (AvgIpc) is 2.48. The summed E-state index contributed by atoms with van der Waals surface area (Å²) in [6.07, 6.45) is 0.455. The molecule has 0 bridgehead atoms. The Kier molecular flexibility index (Phi) is 5.78. The van der Waals surface area contributed by atoms with Gasteiger partial charge in [-0.1, -0.05) is 46.3 Å². The number of alkyl halides is 1. The highest BCUT2D eigenvalue weighted by atomic mass is 79.9. The normalized spacial score (nSPS) is 16.9. The summed E-state index contributed by atoms with van der Waals surface area (Å²) in [6, 6.07) is 9.16. The molecule has 2 rings (SSSR count). The molecule has 1 aromatic carbocycles. The van der Waals surface area contributed by atoms with E-state index in [9.17, 15) is 13.2 Å². The number of piperazine rings is 1. The van der Waals surface area contributed by atoms with Crippen LogP contribution in [0.5, 0.6) is 0 Å². The van der Waals surface area contributed by atoms with Gasteiger partial charge in [0.1, 0.15) is 0 Å². The molecular formula is C14H19BrN2O3S. The van der Waals surface area contributed by atoms with Crippen molar-refractivity contribution >= 4 is 31.9 Å². The van der Waals surface area contributed by atoms with Gasteiger partial charge in [-0.3, -0.25) is 4.79 Å². The van der Waals surface area contributed by atoms with Gasteiger partial charge in [-0.05, 0) is 5.56 Å². The molecule has 21 heavy (non-hydrogen) atoms. The topological polar surface area (TPSA) is 57.7 Å². The molecule has 1 aliphatic rings. The van der Waals surface area contributed by atoms with Crippen LogP contribution in [-0.4, -0.2) is 55.0 Å². The molecule has 0 spiro atoms. The molecular weight excluding hydrogens is 356 g/mol. The van der Waals surface area contributed by atoms with Gasteiger partial charge in [0.05, 0.1) is 5.75 Å². The van der Waals surface area contributed by atoms with Crippen molar-refractivity contribution in [1.29, 1.82) is 0 Å². The first-order valence-electron chi connectivity index (χ1n) is 6.88. The Hall–Kier alpha value is -0.920. The van der Waals surface area contributed by atoms with E-state index >= 15 is 0 Å². The van der Waals surface area contributed by atoms with Gasteiger partial charge in [0.2, 0.25) is 15.9 Å². The molecule has 0 saturated carbocycles. The largest absolute Gasteiger partial charge is 0.340 e. The van der Waals surface area contributed by atoms with Crippen LogP contribution in [0.25, 0.3) is 0 Å². The molecule has 0 N–H and O–H groups in total. The molecule has 5 nitrogen and oxygen atoms in total. The first-order chi connectivity index (χ1) is 10.0. The van der Waals surface area contributed by atoms with Crippen molar-refractivity contribution in [3.8, 4) is 0 Å². The number of carbonyl (C=O) groups excluding carboxylic acids is 1. The summed E-state index contributed by atoms with van der Waals surface area (Å²) in [4.78, 5) is 13.5. The minimum Gasteiger partial charge on any atom is -0.340 e. The average molecular weight is 375 g/mol. The molecule has 0 radical (unpaired) electrons. The minimum atomic E-state index is -3.31. The molecule has 1 fully saturated rings. The molecule has 1 amide bonds. The predicted molar refractivity (Wildman–Crippen MR) is 85.6 cm³/mol. The third kappa shape index (κ3) is 4.52. The number of rotatable bonds is 5. The van der Waals surface area contributed by atoms with Gasteiger partial charge >= 0.3 is 0 Å². The van der Waals surface area contributed by atoms with Gasteiger partial charge in [0.25, 0.3) is 0 Å². The second kappa shape index (κ2) is 7.38. The van der Waals surface area contributed by atoms with Crippen molar-refractivity contribution in [2.75, 3.05) is 31.5 Å². The Morgan fingerprint density at radius 3 is 2.29 bits per heavy atom. The molecule has 0 unspecified atom stereocenters.